The van der Waals surface area contributed by atoms with Crippen LogP contribution >= 0.6 is 0 Å². The number of benzene rings is 1. The molecule has 2 N–H and O–H groups in total. The Morgan fingerprint density at radius 2 is 2.00 bits per heavy atom. The Labute approximate surface area is 113 Å². The highest BCUT2D eigenvalue weighted by molar-refractivity contribution is 5.88. The minimum atomic E-state index is -0.804. The number of ether oxygens (including phenoxy) is 1. The zero-order chi connectivity index (χ0) is 13.8. The third-order valence-electron chi connectivity index (χ3n) is 3.48. The summed E-state index contributed by atoms with van der Waals surface area (Å²) in [6.45, 7) is 2.03. The molecule has 1 aromatic carbocycles. The van der Waals surface area contributed by atoms with Gasteiger partial charge in [0, 0.05) is 11.7 Å². The van der Waals surface area contributed by atoms with Gasteiger partial charge in [0.2, 0.25) is 0 Å². The maximum atomic E-state index is 11.1. The molecule has 0 saturated carbocycles. The van der Waals surface area contributed by atoms with Crippen molar-refractivity contribution in [3.63, 3.8) is 0 Å². The molecule has 0 saturated heterocycles. The molecular formula is C15H19NO3. The van der Waals surface area contributed by atoms with E-state index in [0.717, 1.165) is 29.9 Å². The van der Waals surface area contributed by atoms with Gasteiger partial charge >= 0.3 is 5.97 Å². The average molecular weight is 261 g/mol. The van der Waals surface area contributed by atoms with E-state index in [4.69, 9.17) is 9.84 Å². The molecule has 4 heteroatoms. The number of hydrogen-bond acceptors (Lipinski definition) is 3. The van der Waals surface area contributed by atoms with E-state index in [0.29, 0.717) is 12.0 Å². The van der Waals surface area contributed by atoms with Crippen molar-refractivity contribution in [2.45, 2.75) is 32.2 Å². The van der Waals surface area contributed by atoms with E-state index in [1.165, 1.54) is 0 Å². The van der Waals surface area contributed by atoms with Crippen molar-refractivity contribution < 1.29 is 14.6 Å². The summed E-state index contributed by atoms with van der Waals surface area (Å²) in [4.78, 5) is 11.1. The lowest BCUT2D eigenvalue weighted by molar-refractivity contribution is -0.132. The molecule has 0 radical (unpaired) electrons. The van der Waals surface area contributed by atoms with Crippen LogP contribution in [0.4, 0.5) is 0 Å². The van der Waals surface area contributed by atoms with Crippen LogP contribution in [0.15, 0.2) is 35.5 Å². The Bertz CT molecular complexity index is 491. The summed E-state index contributed by atoms with van der Waals surface area (Å²) in [6.07, 6.45) is 2.40. The number of aliphatic carboxylic acids is 1. The lowest BCUT2D eigenvalue weighted by Crippen LogP contribution is -2.19. The van der Waals surface area contributed by atoms with Crippen molar-refractivity contribution in [1.82, 2.24) is 5.32 Å². The predicted octanol–water partition coefficient (Wildman–Crippen LogP) is 2.87. The Balaban J connectivity index is 2.09. The normalized spacial score (nSPS) is 16.3. The van der Waals surface area contributed by atoms with Crippen molar-refractivity contribution in [2.24, 2.45) is 0 Å². The fourth-order valence-corrected chi connectivity index (χ4v) is 2.38. The molecule has 1 aromatic rings. The largest absolute Gasteiger partial charge is 0.497 e. The van der Waals surface area contributed by atoms with Crippen molar-refractivity contribution in [3.05, 3.63) is 41.1 Å². The molecule has 0 amide bonds. The molecule has 0 fully saturated rings. The van der Waals surface area contributed by atoms with Crippen molar-refractivity contribution in [1.29, 1.82) is 0 Å². The monoisotopic (exact) mass is 261 g/mol. The summed E-state index contributed by atoms with van der Waals surface area (Å²) in [6, 6.07) is 7.90. The van der Waals surface area contributed by atoms with Crippen LogP contribution in [0, 0.1) is 0 Å². The molecule has 1 atom stereocenters. The van der Waals surface area contributed by atoms with Gasteiger partial charge in [-0.05, 0) is 43.9 Å². The van der Waals surface area contributed by atoms with Gasteiger partial charge in [0.25, 0.3) is 0 Å². The molecule has 102 valence electrons. The molecule has 0 aliphatic heterocycles. The predicted molar refractivity (Wildman–Crippen MR) is 73.1 cm³/mol. The van der Waals surface area contributed by atoms with E-state index in [9.17, 15) is 4.79 Å². The van der Waals surface area contributed by atoms with Crippen molar-refractivity contribution >= 4 is 5.97 Å². The van der Waals surface area contributed by atoms with E-state index in [1.807, 2.05) is 31.2 Å². The lowest BCUT2D eigenvalue weighted by atomic mass is 10.1. The highest BCUT2D eigenvalue weighted by atomic mass is 16.5. The SMILES string of the molecule is COc1ccc([C@H](C)NC2=C(C(=O)O)CCC2)cc1. The zero-order valence-corrected chi connectivity index (χ0v) is 11.3. The Morgan fingerprint density at radius 1 is 1.32 bits per heavy atom. The maximum absolute atomic E-state index is 11.1. The summed E-state index contributed by atoms with van der Waals surface area (Å²) in [7, 11) is 1.64. The lowest BCUT2D eigenvalue weighted by Gasteiger charge is -2.17. The minimum absolute atomic E-state index is 0.0911. The van der Waals surface area contributed by atoms with Gasteiger partial charge in [-0.25, -0.2) is 4.79 Å². The Morgan fingerprint density at radius 3 is 2.58 bits per heavy atom. The van der Waals surface area contributed by atoms with Crippen molar-refractivity contribution in [3.8, 4) is 5.75 Å². The van der Waals surface area contributed by atoms with Gasteiger partial charge in [-0.1, -0.05) is 12.1 Å². The van der Waals surface area contributed by atoms with E-state index < -0.39 is 5.97 Å². The van der Waals surface area contributed by atoms with Crippen LogP contribution in [0.2, 0.25) is 0 Å². The second kappa shape index (κ2) is 5.78. The smallest absolute Gasteiger partial charge is 0.333 e. The first kappa shape index (κ1) is 13.5. The molecular weight excluding hydrogens is 242 g/mol. The quantitative estimate of drug-likeness (QED) is 0.855. The third kappa shape index (κ3) is 3.08. The van der Waals surface area contributed by atoms with E-state index in [-0.39, 0.29) is 6.04 Å². The molecule has 0 spiro atoms. The number of carbonyl (C=O) groups is 1. The summed E-state index contributed by atoms with van der Waals surface area (Å²) >= 11 is 0. The topological polar surface area (TPSA) is 58.6 Å². The molecule has 2 rings (SSSR count). The molecule has 4 nitrogen and oxygen atoms in total. The van der Waals surface area contributed by atoms with Gasteiger partial charge in [0.15, 0.2) is 0 Å². The van der Waals surface area contributed by atoms with Gasteiger partial charge in [-0.15, -0.1) is 0 Å². The third-order valence-corrected chi connectivity index (χ3v) is 3.48. The van der Waals surface area contributed by atoms with Crippen LogP contribution in [-0.2, 0) is 4.79 Å². The number of methoxy groups -OCH3 is 1. The van der Waals surface area contributed by atoms with Gasteiger partial charge in [-0.3, -0.25) is 0 Å². The Hall–Kier alpha value is -1.97. The molecule has 19 heavy (non-hydrogen) atoms. The molecule has 1 aliphatic carbocycles. The van der Waals surface area contributed by atoms with Gasteiger partial charge < -0.3 is 15.2 Å². The summed E-state index contributed by atoms with van der Waals surface area (Å²) in [5.41, 5.74) is 2.51. The first-order valence-electron chi connectivity index (χ1n) is 6.47. The number of carboxylic acid groups (broad SMARTS) is 1. The molecule has 0 heterocycles. The van der Waals surface area contributed by atoms with Crippen LogP contribution in [0.3, 0.4) is 0 Å². The fraction of sp³-hybridized carbons (Fsp3) is 0.400. The number of rotatable bonds is 5. The summed E-state index contributed by atoms with van der Waals surface area (Å²) in [5.74, 6) is 0.0178. The van der Waals surface area contributed by atoms with Gasteiger partial charge in [0.1, 0.15) is 5.75 Å². The van der Waals surface area contributed by atoms with Crippen LogP contribution in [0.1, 0.15) is 37.8 Å². The van der Waals surface area contributed by atoms with Crippen LogP contribution in [0.5, 0.6) is 5.75 Å². The number of hydrogen-bond donors (Lipinski definition) is 2. The average Bonchev–Trinajstić information content (AvgIpc) is 2.87. The molecule has 0 unspecified atom stereocenters. The highest BCUT2D eigenvalue weighted by Gasteiger charge is 2.21. The number of nitrogens with one attached hydrogen (secondary N) is 1. The van der Waals surface area contributed by atoms with E-state index in [2.05, 4.69) is 5.32 Å². The van der Waals surface area contributed by atoms with Gasteiger partial charge in [-0.2, -0.15) is 0 Å². The molecule has 0 aromatic heterocycles. The second-order valence-electron chi connectivity index (χ2n) is 4.75. The molecule has 1 aliphatic rings. The minimum Gasteiger partial charge on any atom is -0.497 e. The zero-order valence-electron chi connectivity index (χ0n) is 11.3. The van der Waals surface area contributed by atoms with E-state index in [1.54, 1.807) is 7.11 Å². The number of carboxylic acids is 1. The molecule has 0 bridgehead atoms. The second-order valence-corrected chi connectivity index (χ2v) is 4.75. The summed E-state index contributed by atoms with van der Waals surface area (Å²) < 4.78 is 5.12. The first-order chi connectivity index (χ1) is 9.11. The first-order valence-corrected chi connectivity index (χ1v) is 6.47. The van der Waals surface area contributed by atoms with Crippen LogP contribution in [0.25, 0.3) is 0 Å². The highest BCUT2D eigenvalue weighted by Crippen LogP contribution is 2.27. The van der Waals surface area contributed by atoms with Crippen molar-refractivity contribution in [2.75, 3.05) is 7.11 Å². The number of allylic oxidation sites excluding steroid dienone is 1. The Kier molecular flexibility index (Phi) is 4.10. The van der Waals surface area contributed by atoms with E-state index >= 15 is 0 Å². The van der Waals surface area contributed by atoms with Gasteiger partial charge in [0.05, 0.1) is 12.7 Å². The van der Waals surface area contributed by atoms with Crippen LogP contribution in [-0.4, -0.2) is 18.2 Å². The van der Waals surface area contributed by atoms with Crippen LogP contribution < -0.4 is 10.1 Å². The summed E-state index contributed by atoms with van der Waals surface area (Å²) in [5, 5.41) is 12.4. The maximum Gasteiger partial charge on any atom is 0.333 e. The fourth-order valence-electron chi connectivity index (χ4n) is 2.38. The standard InChI is InChI=1S/C15H19NO3/c1-10(11-6-8-12(19-2)9-7-11)16-14-5-3-4-13(14)15(17)18/h6-10,16H,3-5H2,1-2H3,(H,17,18)/t10-/m0/s1.